The van der Waals surface area contributed by atoms with Crippen LogP contribution in [0.25, 0.3) is 5.76 Å². The normalized spacial score (nSPS) is 19.3. The molecule has 3 heterocycles. The van der Waals surface area contributed by atoms with Gasteiger partial charge in [0.1, 0.15) is 10.8 Å². The second-order valence-corrected chi connectivity index (χ2v) is 10.3. The van der Waals surface area contributed by atoms with Gasteiger partial charge in [-0.15, -0.1) is 0 Å². The lowest BCUT2D eigenvalue weighted by Crippen LogP contribution is -2.44. The number of aliphatic hydroxyl groups is 1. The Morgan fingerprint density at radius 1 is 0.925 bits per heavy atom. The molecule has 2 saturated heterocycles. The van der Waals surface area contributed by atoms with Gasteiger partial charge >= 0.3 is 0 Å². The van der Waals surface area contributed by atoms with Crippen molar-refractivity contribution in [2.75, 3.05) is 57.2 Å². The summed E-state index contributed by atoms with van der Waals surface area (Å²) in [6.45, 7) is 3.71. The summed E-state index contributed by atoms with van der Waals surface area (Å²) in [6, 6.07) is 11.3. The van der Waals surface area contributed by atoms with Crippen molar-refractivity contribution < 1.29 is 24.2 Å². The van der Waals surface area contributed by atoms with Crippen LogP contribution in [0.15, 0.2) is 60.4 Å². The molecule has 3 aromatic rings. The van der Waals surface area contributed by atoms with Gasteiger partial charge in [0.05, 0.1) is 36.4 Å². The van der Waals surface area contributed by atoms with E-state index in [0.717, 1.165) is 31.9 Å². The number of aliphatic hydroxyl groups excluding tert-OH is 1. The van der Waals surface area contributed by atoms with Crippen LogP contribution in [0.1, 0.15) is 17.2 Å². The highest BCUT2D eigenvalue weighted by Gasteiger charge is 2.47. The van der Waals surface area contributed by atoms with Gasteiger partial charge in [0.15, 0.2) is 11.5 Å². The SMILES string of the molecule is COc1c(Cl)cc(/C(O)=C2\C(=O)C(=O)N(c3ccc(N4CCN(C)CC4)cc3)C2c2ccncc2)c(OC)c1Cl. The molecule has 0 aliphatic carbocycles. The molecule has 0 saturated carbocycles. The smallest absolute Gasteiger partial charge is 0.300 e. The molecule has 208 valence electrons. The Labute approximate surface area is 242 Å². The van der Waals surface area contributed by atoms with E-state index >= 15 is 0 Å². The fraction of sp³-hybridized carbons (Fsp3) is 0.276. The van der Waals surface area contributed by atoms with Gasteiger partial charge in [0, 0.05) is 49.9 Å². The average Bonchev–Trinajstić information content (AvgIpc) is 3.23. The number of methoxy groups -OCH3 is 2. The number of nitrogens with zero attached hydrogens (tertiary/aromatic N) is 4. The van der Waals surface area contributed by atoms with Crippen LogP contribution in [0.3, 0.4) is 0 Å². The number of anilines is 2. The van der Waals surface area contributed by atoms with Gasteiger partial charge in [-0.2, -0.15) is 0 Å². The number of carbonyl (C=O) groups excluding carboxylic acids is 2. The molecule has 9 nitrogen and oxygen atoms in total. The molecule has 11 heteroatoms. The van der Waals surface area contributed by atoms with E-state index in [-0.39, 0.29) is 32.7 Å². The van der Waals surface area contributed by atoms with Crippen LogP contribution in [0.5, 0.6) is 11.5 Å². The Hall–Kier alpha value is -3.79. The molecule has 2 aliphatic rings. The summed E-state index contributed by atoms with van der Waals surface area (Å²) < 4.78 is 10.7. The van der Waals surface area contributed by atoms with Gasteiger partial charge in [-0.1, -0.05) is 23.2 Å². The number of aromatic nitrogens is 1. The second kappa shape index (κ2) is 11.4. The summed E-state index contributed by atoms with van der Waals surface area (Å²) in [5.74, 6) is -1.90. The zero-order valence-corrected chi connectivity index (χ0v) is 23.7. The van der Waals surface area contributed by atoms with E-state index < -0.39 is 23.5 Å². The zero-order chi connectivity index (χ0) is 28.6. The van der Waals surface area contributed by atoms with E-state index in [0.29, 0.717) is 11.3 Å². The van der Waals surface area contributed by atoms with Crippen molar-refractivity contribution in [3.8, 4) is 11.5 Å². The number of Topliss-reactive ketones (excluding diaryl/α,β-unsaturated/α-hetero) is 1. The number of halogens is 2. The van der Waals surface area contributed by atoms with Gasteiger partial charge < -0.3 is 24.4 Å². The van der Waals surface area contributed by atoms with E-state index in [1.54, 1.807) is 24.5 Å². The Kier molecular flexibility index (Phi) is 7.89. The number of amides is 1. The number of rotatable bonds is 6. The van der Waals surface area contributed by atoms with E-state index in [4.69, 9.17) is 32.7 Å². The highest BCUT2D eigenvalue weighted by Crippen LogP contribution is 2.48. The molecular formula is C29H28Cl2N4O5. The Bertz CT molecular complexity index is 1470. The first kappa shape index (κ1) is 27.8. The fourth-order valence-electron chi connectivity index (χ4n) is 5.14. The highest BCUT2D eigenvalue weighted by atomic mass is 35.5. The minimum absolute atomic E-state index is 0.0215. The van der Waals surface area contributed by atoms with Crippen molar-refractivity contribution in [3.63, 3.8) is 0 Å². The van der Waals surface area contributed by atoms with Gasteiger partial charge in [0.2, 0.25) is 0 Å². The van der Waals surface area contributed by atoms with Gasteiger partial charge in [-0.25, -0.2) is 0 Å². The topological polar surface area (TPSA) is 95.4 Å². The van der Waals surface area contributed by atoms with Crippen molar-refractivity contribution >= 4 is 52.0 Å². The Morgan fingerprint density at radius 2 is 1.52 bits per heavy atom. The first-order valence-electron chi connectivity index (χ1n) is 12.6. The van der Waals surface area contributed by atoms with Crippen LogP contribution in [0.2, 0.25) is 10.0 Å². The van der Waals surface area contributed by atoms with Crippen molar-refractivity contribution in [1.29, 1.82) is 0 Å². The van der Waals surface area contributed by atoms with Crippen LogP contribution in [0.4, 0.5) is 11.4 Å². The zero-order valence-electron chi connectivity index (χ0n) is 22.2. The lowest BCUT2D eigenvalue weighted by atomic mass is 9.95. The molecule has 1 amide bonds. The molecule has 0 radical (unpaired) electrons. The van der Waals surface area contributed by atoms with E-state index in [1.807, 2.05) is 24.3 Å². The van der Waals surface area contributed by atoms with Gasteiger partial charge in [-0.05, 0) is 55.1 Å². The minimum atomic E-state index is -0.943. The van der Waals surface area contributed by atoms with Crippen molar-refractivity contribution in [1.82, 2.24) is 9.88 Å². The first-order valence-corrected chi connectivity index (χ1v) is 13.4. The largest absolute Gasteiger partial charge is 0.507 e. The highest BCUT2D eigenvalue weighted by molar-refractivity contribution is 6.52. The molecule has 2 fully saturated rings. The third-order valence-corrected chi connectivity index (χ3v) is 7.88. The monoisotopic (exact) mass is 582 g/mol. The summed E-state index contributed by atoms with van der Waals surface area (Å²) in [6.07, 6.45) is 3.13. The summed E-state index contributed by atoms with van der Waals surface area (Å²) >= 11 is 12.8. The summed E-state index contributed by atoms with van der Waals surface area (Å²) in [5, 5.41) is 11.7. The van der Waals surface area contributed by atoms with Crippen LogP contribution in [0, 0.1) is 0 Å². The predicted molar refractivity (Wildman–Crippen MR) is 155 cm³/mol. The van der Waals surface area contributed by atoms with E-state index in [2.05, 4.69) is 21.8 Å². The molecule has 0 bridgehead atoms. The third kappa shape index (κ3) is 4.85. The Balaban J connectivity index is 1.63. The van der Waals surface area contributed by atoms with Crippen molar-refractivity contribution in [3.05, 3.63) is 81.6 Å². The molecule has 5 rings (SSSR count). The number of benzene rings is 2. The number of piperazine rings is 1. The maximum Gasteiger partial charge on any atom is 0.300 e. The molecule has 2 aromatic carbocycles. The van der Waals surface area contributed by atoms with Crippen molar-refractivity contribution in [2.24, 2.45) is 0 Å². The third-order valence-electron chi connectivity index (χ3n) is 7.26. The average molecular weight is 583 g/mol. The second-order valence-electron chi connectivity index (χ2n) is 9.54. The number of hydrogen-bond donors (Lipinski definition) is 1. The molecule has 1 N–H and O–H groups in total. The standard InChI is InChI=1S/C29H28Cl2N4O5/c1-33-12-14-34(15-13-33)18-4-6-19(7-5-18)35-24(17-8-10-32-11-9-17)22(26(37)29(35)38)25(36)20-16-21(30)28(40-3)23(31)27(20)39-2/h4-11,16,24,36H,12-15H2,1-3H3/b25-22+. The number of ketones is 1. The number of pyridine rings is 1. The first-order chi connectivity index (χ1) is 19.3. The van der Waals surface area contributed by atoms with Gasteiger partial charge in [-0.3, -0.25) is 19.5 Å². The molecule has 40 heavy (non-hydrogen) atoms. The summed E-state index contributed by atoms with van der Waals surface area (Å²) in [7, 11) is 4.86. The molecule has 0 spiro atoms. The minimum Gasteiger partial charge on any atom is -0.507 e. The van der Waals surface area contributed by atoms with Gasteiger partial charge in [0.25, 0.3) is 11.7 Å². The molecule has 1 aromatic heterocycles. The van der Waals surface area contributed by atoms with E-state index in [9.17, 15) is 14.7 Å². The van der Waals surface area contributed by atoms with Crippen molar-refractivity contribution in [2.45, 2.75) is 6.04 Å². The maximum atomic E-state index is 13.6. The fourth-order valence-corrected chi connectivity index (χ4v) is 5.83. The lowest BCUT2D eigenvalue weighted by molar-refractivity contribution is -0.132. The molecular weight excluding hydrogens is 555 g/mol. The van der Waals surface area contributed by atoms with Crippen LogP contribution >= 0.6 is 23.2 Å². The quantitative estimate of drug-likeness (QED) is 0.252. The maximum absolute atomic E-state index is 13.6. The molecule has 1 atom stereocenters. The molecule has 1 unspecified atom stereocenters. The number of likely N-dealkylation sites (N-methyl/N-ethyl adjacent to an activating group) is 1. The Morgan fingerprint density at radius 3 is 2.12 bits per heavy atom. The number of ether oxygens (including phenoxy) is 2. The lowest BCUT2D eigenvalue weighted by Gasteiger charge is -2.34. The number of hydrogen-bond acceptors (Lipinski definition) is 8. The number of carbonyl (C=O) groups is 2. The van der Waals surface area contributed by atoms with E-state index in [1.165, 1.54) is 25.2 Å². The van der Waals surface area contributed by atoms with Crippen LogP contribution < -0.4 is 19.3 Å². The molecule has 2 aliphatic heterocycles. The van der Waals surface area contributed by atoms with Crippen LogP contribution in [-0.2, 0) is 9.59 Å². The summed E-state index contributed by atoms with van der Waals surface area (Å²) in [5.41, 5.74) is 2.05. The predicted octanol–water partition coefficient (Wildman–Crippen LogP) is 4.78. The van der Waals surface area contributed by atoms with Crippen LogP contribution in [-0.4, -0.2) is 74.1 Å². The summed E-state index contributed by atoms with van der Waals surface area (Å²) in [4.78, 5) is 37.1.